The fourth-order valence-electron chi connectivity index (χ4n) is 4.55. The van der Waals surface area contributed by atoms with Gasteiger partial charge in [-0.25, -0.2) is 4.79 Å². The summed E-state index contributed by atoms with van der Waals surface area (Å²) in [6.45, 7) is 1.39. The van der Waals surface area contributed by atoms with Gasteiger partial charge in [0.2, 0.25) is 0 Å². The molecule has 0 saturated carbocycles. The molecule has 37 heavy (non-hydrogen) atoms. The summed E-state index contributed by atoms with van der Waals surface area (Å²) in [7, 11) is 0. The van der Waals surface area contributed by atoms with Crippen LogP contribution in [0, 0.1) is 6.92 Å². The van der Waals surface area contributed by atoms with Crippen LogP contribution in [-0.4, -0.2) is 69.3 Å². The van der Waals surface area contributed by atoms with Gasteiger partial charge in [-0.05, 0) is 43.3 Å². The molecule has 1 fully saturated rings. The molecular formula is C28H25NO7S. The summed E-state index contributed by atoms with van der Waals surface area (Å²) < 4.78 is 11.8. The van der Waals surface area contributed by atoms with Crippen LogP contribution >= 0.6 is 11.8 Å². The van der Waals surface area contributed by atoms with E-state index in [2.05, 4.69) is 0 Å². The number of carbonyl (C=O) groups excluding carboxylic acids is 3. The SMILES string of the molecule is Cc1ccc(S[C@@H]2O[C@H](CO)[C@@H](O)[C@H](OC(=O)c3ccccc3)[C@H]2N2C(=O)c3ccccc3C2=O)cc1. The number of aryl methyl sites for hydroxylation is 1. The maximum absolute atomic E-state index is 13.5. The lowest BCUT2D eigenvalue weighted by Gasteiger charge is -2.46. The van der Waals surface area contributed by atoms with E-state index in [0.717, 1.165) is 15.4 Å². The van der Waals surface area contributed by atoms with Crippen LogP contribution in [0.15, 0.2) is 83.8 Å². The number of rotatable bonds is 6. The largest absolute Gasteiger partial charge is 0.454 e. The van der Waals surface area contributed by atoms with E-state index < -0.39 is 54.2 Å². The summed E-state index contributed by atoms with van der Waals surface area (Å²) >= 11 is 1.22. The predicted octanol–water partition coefficient (Wildman–Crippen LogP) is 3.06. The number of fused-ring (bicyclic) bond motifs is 1. The molecule has 2 aliphatic heterocycles. The molecular weight excluding hydrogens is 494 g/mol. The van der Waals surface area contributed by atoms with Gasteiger partial charge >= 0.3 is 5.97 Å². The van der Waals surface area contributed by atoms with Gasteiger partial charge in [0.15, 0.2) is 6.10 Å². The van der Waals surface area contributed by atoms with E-state index in [9.17, 15) is 24.6 Å². The molecule has 3 aromatic rings. The highest BCUT2D eigenvalue weighted by Gasteiger charge is 2.55. The maximum Gasteiger partial charge on any atom is 0.338 e. The van der Waals surface area contributed by atoms with E-state index >= 15 is 0 Å². The third-order valence-electron chi connectivity index (χ3n) is 6.47. The van der Waals surface area contributed by atoms with Crippen LogP contribution in [0.5, 0.6) is 0 Å². The molecule has 0 spiro atoms. The molecule has 0 aliphatic carbocycles. The van der Waals surface area contributed by atoms with Gasteiger partial charge in [0, 0.05) is 4.90 Å². The van der Waals surface area contributed by atoms with Crippen molar-refractivity contribution in [3.8, 4) is 0 Å². The molecule has 2 N–H and O–H groups in total. The van der Waals surface area contributed by atoms with E-state index in [1.807, 2.05) is 31.2 Å². The van der Waals surface area contributed by atoms with E-state index in [4.69, 9.17) is 9.47 Å². The van der Waals surface area contributed by atoms with Crippen molar-refractivity contribution in [2.24, 2.45) is 0 Å². The smallest absolute Gasteiger partial charge is 0.338 e. The Labute approximate surface area is 217 Å². The molecule has 5 atom stereocenters. The summed E-state index contributed by atoms with van der Waals surface area (Å²) in [6.07, 6.45) is -3.96. The first-order valence-electron chi connectivity index (χ1n) is 11.8. The second kappa shape index (κ2) is 10.5. The van der Waals surface area contributed by atoms with Crippen LogP contribution in [0.25, 0.3) is 0 Å². The van der Waals surface area contributed by atoms with Crippen molar-refractivity contribution in [1.82, 2.24) is 4.90 Å². The van der Waals surface area contributed by atoms with E-state index in [1.54, 1.807) is 54.6 Å². The molecule has 2 amide bonds. The first-order valence-corrected chi connectivity index (χ1v) is 12.7. The zero-order chi connectivity index (χ0) is 26.1. The second-order valence-corrected chi connectivity index (χ2v) is 10.1. The zero-order valence-corrected chi connectivity index (χ0v) is 20.7. The first-order chi connectivity index (χ1) is 17.9. The molecule has 0 aromatic heterocycles. The number of aliphatic hydroxyl groups excluding tert-OH is 2. The number of benzene rings is 3. The van der Waals surface area contributed by atoms with E-state index in [1.165, 1.54) is 11.8 Å². The Morgan fingerprint density at radius 3 is 2.14 bits per heavy atom. The number of thioether (sulfide) groups is 1. The summed E-state index contributed by atoms with van der Waals surface area (Å²) in [5.74, 6) is -1.87. The number of hydrogen-bond acceptors (Lipinski definition) is 8. The lowest BCUT2D eigenvalue weighted by atomic mass is 9.96. The molecule has 2 heterocycles. The summed E-state index contributed by atoms with van der Waals surface area (Å²) in [5, 5.41) is 21.1. The summed E-state index contributed by atoms with van der Waals surface area (Å²) in [5.41, 5.74) is 0.783. The molecule has 0 bridgehead atoms. The Bertz CT molecular complexity index is 1280. The number of aliphatic hydroxyl groups is 2. The minimum Gasteiger partial charge on any atom is -0.454 e. The highest BCUT2D eigenvalue weighted by molar-refractivity contribution is 7.99. The van der Waals surface area contributed by atoms with Gasteiger partial charge in [-0.3, -0.25) is 14.5 Å². The quantitative estimate of drug-likeness (QED) is 0.378. The van der Waals surface area contributed by atoms with E-state index in [0.29, 0.717) is 0 Å². The van der Waals surface area contributed by atoms with Gasteiger partial charge in [-0.1, -0.05) is 59.8 Å². The van der Waals surface area contributed by atoms with Crippen molar-refractivity contribution in [3.63, 3.8) is 0 Å². The lowest BCUT2D eigenvalue weighted by molar-refractivity contribution is -0.182. The Balaban J connectivity index is 1.56. The first kappa shape index (κ1) is 25.2. The topological polar surface area (TPSA) is 113 Å². The van der Waals surface area contributed by atoms with Crippen molar-refractivity contribution in [1.29, 1.82) is 0 Å². The molecule has 8 nitrogen and oxygen atoms in total. The van der Waals surface area contributed by atoms with Crippen molar-refractivity contribution in [2.75, 3.05) is 6.61 Å². The highest BCUT2D eigenvalue weighted by atomic mass is 32.2. The predicted molar refractivity (Wildman–Crippen MR) is 135 cm³/mol. The van der Waals surface area contributed by atoms with Gasteiger partial charge in [0.05, 0.1) is 23.3 Å². The van der Waals surface area contributed by atoms with Gasteiger partial charge in [0.1, 0.15) is 23.7 Å². The number of amides is 2. The summed E-state index contributed by atoms with van der Waals surface area (Å²) in [6, 6.07) is 21.0. The molecule has 1 saturated heterocycles. The normalized spacial score (nSPS) is 25.2. The van der Waals surface area contributed by atoms with Crippen molar-refractivity contribution >= 4 is 29.5 Å². The number of nitrogens with zero attached hydrogens (tertiary/aromatic N) is 1. The van der Waals surface area contributed by atoms with E-state index in [-0.39, 0.29) is 16.7 Å². The van der Waals surface area contributed by atoms with Crippen molar-refractivity contribution in [2.45, 2.75) is 41.6 Å². The van der Waals surface area contributed by atoms with Gasteiger partial charge < -0.3 is 19.7 Å². The maximum atomic E-state index is 13.5. The van der Waals surface area contributed by atoms with Crippen LogP contribution in [0.3, 0.4) is 0 Å². The molecule has 5 rings (SSSR count). The number of hydrogen-bond donors (Lipinski definition) is 2. The van der Waals surface area contributed by atoms with Crippen molar-refractivity contribution < 1.29 is 34.1 Å². The third-order valence-corrected chi connectivity index (χ3v) is 7.64. The average molecular weight is 520 g/mol. The number of imide groups is 1. The fraction of sp³-hybridized carbons (Fsp3) is 0.250. The van der Waals surface area contributed by atoms with Crippen LogP contribution < -0.4 is 0 Å². The number of carbonyl (C=O) groups is 3. The molecule has 3 aromatic carbocycles. The molecule has 9 heteroatoms. The third kappa shape index (κ3) is 4.78. The Morgan fingerprint density at radius 1 is 0.946 bits per heavy atom. The second-order valence-electron chi connectivity index (χ2n) is 8.90. The van der Waals surface area contributed by atoms with Crippen LogP contribution in [0.1, 0.15) is 36.6 Å². The minimum absolute atomic E-state index is 0.221. The average Bonchev–Trinajstić information content (AvgIpc) is 3.17. The van der Waals surface area contributed by atoms with Crippen LogP contribution in [0.4, 0.5) is 0 Å². The molecule has 190 valence electrons. The Hall–Kier alpha value is -3.50. The Morgan fingerprint density at radius 2 is 1.54 bits per heavy atom. The fourth-order valence-corrected chi connectivity index (χ4v) is 5.73. The van der Waals surface area contributed by atoms with Gasteiger partial charge in [-0.15, -0.1) is 0 Å². The Kier molecular flexibility index (Phi) is 7.12. The number of esters is 1. The monoisotopic (exact) mass is 519 g/mol. The van der Waals surface area contributed by atoms with Crippen LogP contribution in [0.2, 0.25) is 0 Å². The highest BCUT2D eigenvalue weighted by Crippen LogP contribution is 2.40. The zero-order valence-electron chi connectivity index (χ0n) is 19.9. The number of ether oxygens (including phenoxy) is 2. The van der Waals surface area contributed by atoms with Crippen LogP contribution in [-0.2, 0) is 9.47 Å². The lowest BCUT2D eigenvalue weighted by Crippen LogP contribution is -2.65. The molecule has 2 aliphatic rings. The van der Waals surface area contributed by atoms with Crippen molar-refractivity contribution in [3.05, 3.63) is 101 Å². The summed E-state index contributed by atoms with van der Waals surface area (Å²) in [4.78, 5) is 41.8. The van der Waals surface area contributed by atoms with Gasteiger partial charge in [-0.2, -0.15) is 0 Å². The standard InChI is InChI=1S/C28H25NO7S/c1-16-11-13-18(14-12-16)37-28-22(29-25(32)19-9-5-6-10-20(19)26(29)33)24(23(31)21(15-30)35-28)36-27(34)17-7-3-2-4-8-17/h2-14,21-24,28,30-31H,15H2,1H3/t21-,22-,23-,24-,28+/m1/s1. The van der Waals surface area contributed by atoms with Gasteiger partial charge in [0.25, 0.3) is 11.8 Å². The minimum atomic E-state index is -1.50. The molecule has 0 radical (unpaired) electrons. The molecule has 0 unspecified atom stereocenters.